The number of hydrogen-bond acceptors (Lipinski definition) is 0. The van der Waals surface area contributed by atoms with Gasteiger partial charge < -0.3 is 0 Å². The molecule has 2 saturated carbocycles. The minimum atomic E-state index is 0.694. The first-order valence-corrected chi connectivity index (χ1v) is 6.47. The molecule has 0 saturated heterocycles. The van der Waals surface area contributed by atoms with Gasteiger partial charge in [-0.2, -0.15) is 0 Å². The Balaban J connectivity index is 1.79. The van der Waals surface area contributed by atoms with Crippen LogP contribution in [0.25, 0.3) is 0 Å². The third-order valence-corrected chi connectivity index (χ3v) is 5.26. The standard InChI is InChI=1S/C14H22/c1-14(12-5-3-2-4-6-12)10-11-7-8-13(14)9-11/h7-8,11-13H,2-6,9-10H2,1H3. The zero-order valence-electron chi connectivity index (χ0n) is 9.34. The van der Waals surface area contributed by atoms with Crippen LogP contribution in [0.4, 0.5) is 0 Å². The molecule has 2 fully saturated rings. The SMILES string of the molecule is CC1(C2CCCCC2)CC2C=CC1C2. The lowest BCUT2D eigenvalue weighted by molar-refractivity contribution is 0.105. The maximum Gasteiger partial charge on any atom is -0.0171 e. The minimum absolute atomic E-state index is 0.694. The summed E-state index contributed by atoms with van der Waals surface area (Å²) in [6, 6.07) is 0. The molecule has 0 N–H and O–H groups in total. The van der Waals surface area contributed by atoms with Crippen LogP contribution in [0, 0.1) is 23.2 Å². The van der Waals surface area contributed by atoms with E-state index in [-0.39, 0.29) is 0 Å². The van der Waals surface area contributed by atoms with E-state index in [1.807, 2.05) is 0 Å². The Bertz CT molecular complexity index is 247. The zero-order valence-corrected chi connectivity index (χ0v) is 9.34. The predicted octanol–water partition coefficient (Wildman–Crippen LogP) is 4.17. The first kappa shape index (κ1) is 9.00. The van der Waals surface area contributed by atoms with Gasteiger partial charge in [-0.05, 0) is 48.9 Å². The van der Waals surface area contributed by atoms with E-state index in [0.29, 0.717) is 5.41 Å². The second-order valence-corrected chi connectivity index (χ2v) is 6.03. The van der Waals surface area contributed by atoms with E-state index in [0.717, 1.165) is 17.8 Å². The minimum Gasteiger partial charge on any atom is -0.0851 e. The highest BCUT2D eigenvalue weighted by atomic mass is 14.5. The normalized spacial score (nSPS) is 47.5. The maximum atomic E-state index is 2.58. The van der Waals surface area contributed by atoms with Crippen molar-refractivity contribution in [1.82, 2.24) is 0 Å². The number of rotatable bonds is 1. The van der Waals surface area contributed by atoms with E-state index in [4.69, 9.17) is 0 Å². The van der Waals surface area contributed by atoms with Crippen molar-refractivity contribution in [2.24, 2.45) is 23.2 Å². The molecule has 3 atom stereocenters. The number of allylic oxidation sites excluding steroid dienone is 2. The molecular weight excluding hydrogens is 168 g/mol. The van der Waals surface area contributed by atoms with Crippen LogP contribution in [0.3, 0.4) is 0 Å². The highest BCUT2D eigenvalue weighted by Crippen LogP contribution is 2.58. The van der Waals surface area contributed by atoms with Crippen molar-refractivity contribution in [1.29, 1.82) is 0 Å². The van der Waals surface area contributed by atoms with Crippen molar-refractivity contribution < 1.29 is 0 Å². The lowest BCUT2D eigenvalue weighted by atomic mass is 9.63. The Hall–Kier alpha value is -0.260. The van der Waals surface area contributed by atoms with E-state index in [1.54, 1.807) is 0 Å². The molecule has 0 aromatic rings. The molecule has 3 rings (SSSR count). The molecule has 3 aliphatic carbocycles. The van der Waals surface area contributed by atoms with Crippen LogP contribution in [0.1, 0.15) is 51.9 Å². The third kappa shape index (κ3) is 1.19. The Kier molecular flexibility index (Phi) is 2.00. The summed E-state index contributed by atoms with van der Waals surface area (Å²) in [6.07, 6.45) is 15.5. The molecule has 3 aliphatic rings. The monoisotopic (exact) mass is 190 g/mol. The summed E-state index contributed by atoms with van der Waals surface area (Å²) in [5.41, 5.74) is 0.694. The average Bonchev–Trinajstić information content (AvgIpc) is 2.79. The summed E-state index contributed by atoms with van der Waals surface area (Å²) in [7, 11) is 0. The van der Waals surface area contributed by atoms with Gasteiger partial charge in [0.2, 0.25) is 0 Å². The Morgan fingerprint density at radius 2 is 1.86 bits per heavy atom. The van der Waals surface area contributed by atoms with Crippen LogP contribution in [-0.4, -0.2) is 0 Å². The number of hydrogen-bond donors (Lipinski definition) is 0. The fourth-order valence-electron chi connectivity index (χ4n) is 4.36. The van der Waals surface area contributed by atoms with Crippen LogP contribution in [0.15, 0.2) is 12.2 Å². The molecule has 0 nitrogen and oxygen atoms in total. The van der Waals surface area contributed by atoms with Gasteiger partial charge in [-0.1, -0.05) is 38.3 Å². The summed E-state index contributed by atoms with van der Waals surface area (Å²) in [5.74, 6) is 2.94. The highest BCUT2D eigenvalue weighted by Gasteiger charge is 2.49. The van der Waals surface area contributed by atoms with E-state index in [2.05, 4.69) is 19.1 Å². The lowest BCUT2D eigenvalue weighted by Crippen LogP contribution is -2.32. The maximum absolute atomic E-state index is 2.58. The number of fused-ring (bicyclic) bond motifs is 2. The van der Waals surface area contributed by atoms with Crippen LogP contribution in [-0.2, 0) is 0 Å². The summed E-state index contributed by atoms with van der Waals surface area (Å²) in [5, 5.41) is 0. The van der Waals surface area contributed by atoms with E-state index >= 15 is 0 Å². The van der Waals surface area contributed by atoms with Gasteiger partial charge in [0.1, 0.15) is 0 Å². The predicted molar refractivity (Wildman–Crippen MR) is 60.0 cm³/mol. The molecule has 0 aromatic carbocycles. The summed E-state index contributed by atoms with van der Waals surface area (Å²) in [4.78, 5) is 0. The molecule has 0 heterocycles. The van der Waals surface area contributed by atoms with Gasteiger partial charge in [0.25, 0.3) is 0 Å². The first-order valence-electron chi connectivity index (χ1n) is 6.47. The Morgan fingerprint density at radius 1 is 1.07 bits per heavy atom. The molecule has 78 valence electrons. The molecule has 0 heteroatoms. The second kappa shape index (κ2) is 3.12. The highest BCUT2D eigenvalue weighted by molar-refractivity contribution is 5.15. The van der Waals surface area contributed by atoms with E-state index in [9.17, 15) is 0 Å². The molecular formula is C14H22. The van der Waals surface area contributed by atoms with Crippen LogP contribution in [0.2, 0.25) is 0 Å². The van der Waals surface area contributed by atoms with Crippen molar-refractivity contribution in [2.45, 2.75) is 51.9 Å². The largest absolute Gasteiger partial charge is 0.0851 e. The van der Waals surface area contributed by atoms with Gasteiger partial charge in [0.15, 0.2) is 0 Å². The molecule has 2 bridgehead atoms. The molecule has 14 heavy (non-hydrogen) atoms. The smallest absolute Gasteiger partial charge is 0.0171 e. The van der Waals surface area contributed by atoms with Crippen molar-refractivity contribution in [3.63, 3.8) is 0 Å². The molecule has 3 unspecified atom stereocenters. The molecule has 0 spiro atoms. The quantitative estimate of drug-likeness (QED) is 0.544. The fraction of sp³-hybridized carbons (Fsp3) is 0.857. The topological polar surface area (TPSA) is 0 Å². The van der Waals surface area contributed by atoms with Crippen LogP contribution >= 0.6 is 0 Å². The van der Waals surface area contributed by atoms with Gasteiger partial charge in [0.05, 0.1) is 0 Å². The summed E-state index contributed by atoms with van der Waals surface area (Å²) in [6.45, 7) is 2.58. The average molecular weight is 190 g/mol. The molecule has 0 aliphatic heterocycles. The van der Waals surface area contributed by atoms with Gasteiger partial charge in [-0.15, -0.1) is 0 Å². The lowest BCUT2D eigenvalue weighted by Gasteiger charge is -2.41. The van der Waals surface area contributed by atoms with Crippen LogP contribution in [0.5, 0.6) is 0 Å². The van der Waals surface area contributed by atoms with Crippen LogP contribution < -0.4 is 0 Å². The summed E-state index contributed by atoms with van der Waals surface area (Å²) >= 11 is 0. The summed E-state index contributed by atoms with van der Waals surface area (Å²) < 4.78 is 0. The van der Waals surface area contributed by atoms with Crippen molar-refractivity contribution in [2.75, 3.05) is 0 Å². The first-order chi connectivity index (χ1) is 6.79. The Labute approximate surface area is 87.8 Å². The van der Waals surface area contributed by atoms with Gasteiger partial charge in [-0.25, -0.2) is 0 Å². The second-order valence-electron chi connectivity index (χ2n) is 6.03. The van der Waals surface area contributed by atoms with E-state index in [1.165, 1.54) is 44.9 Å². The molecule has 0 amide bonds. The van der Waals surface area contributed by atoms with Gasteiger partial charge in [0, 0.05) is 0 Å². The van der Waals surface area contributed by atoms with Crippen molar-refractivity contribution >= 4 is 0 Å². The molecule has 0 aromatic heterocycles. The van der Waals surface area contributed by atoms with E-state index < -0.39 is 0 Å². The third-order valence-electron chi connectivity index (χ3n) is 5.26. The zero-order chi connectivity index (χ0) is 9.60. The van der Waals surface area contributed by atoms with Crippen molar-refractivity contribution in [3.8, 4) is 0 Å². The van der Waals surface area contributed by atoms with Gasteiger partial charge >= 0.3 is 0 Å². The molecule has 0 radical (unpaired) electrons. The van der Waals surface area contributed by atoms with Gasteiger partial charge in [-0.3, -0.25) is 0 Å². The van der Waals surface area contributed by atoms with Crippen molar-refractivity contribution in [3.05, 3.63) is 12.2 Å². The Morgan fingerprint density at radius 3 is 2.43 bits per heavy atom. The fourth-order valence-corrected chi connectivity index (χ4v) is 4.36.